The molecule has 1 aliphatic carbocycles. The maximum absolute atomic E-state index is 12.0. The number of rotatable bonds is 3. The molecule has 1 aromatic rings. The Balaban J connectivity index is 2.20. The fraction of sp³-hybridized carbons (Fsp3) is 0.417. The van der Waals surface area contributed by atoms with Crippen LogP contribution in [0.1, 0.15) is 30.1 Å². The number of benzene rings is 1. The van der Waals surface area contributed by atoms with E-state index in [2.05, 4.69) is 12.2 Å². The third-order valence-corrected chi connectivity index (χ3v) is 4.28. The van der Waals surface area contributed by atoms with Gasteiger partial charge in [-0.2, -0.15) is 0 Å². The molecule has 0 aromatic heterocycles. The first-order valence-electron chi connectivity index (χ1n) is 5.90. The Kier molecular flexibility index (Phi) is 3.85. The predicted octanol–water partition coefficient (Wildman–Crippen LogP) is 1.52. The van der Waals surface area contributed by atoms with Gasteiger partial charge in [0.1, 0.15) is 0 Å². The van der Waals surface area contributed by atoms with Gasteiger partial charge in [0.2, 0.25) is 10.0 Å². The van der Waals surface area contributed by atoms with Gasteiger partial charge in [0.05, 0.1) is 4.90 Å². The molecule has 3 N–H and O–H groups in total. The molecule has 1 saturated carbocycles. The summed E-state index contributed by atoms with van der Waals surface area (Å²) in [5, 5.41) is 8.03. The molecular formula is C12H15ClN2O3S. The monoisotopic (exact) mass is 302 g/mol. The van der Waals surface area contributed by atoms with Gasteiger partial charge in [0.15, 0.2) is 0 Å². The molecule has 5 nitrogen and oxygen atoms in total. The molecule has 1 aliphatic rings. The Bertz CT molecular complexity index is 609. The first-order valence-corrected chi connectivity index (χ1v) is 7.82. The van der Waals surface area contributed by atoms with Gasteiger partial charge in [-0.25, -0.2) is 13.6 Å². The van der Waals surface area contributed by atoms with Gasteiger partial charge in [0, 0.05) is 16.6 Å². The Hall–Kier alpha value is -1.11. The number of sulfonamides is 1. The molecule has 19 heavy (non-hydrogen) atoms. The second kappa shape index (κ2) is 5.11. The number of carbonyl (C=O) groups is 1. The summed E-state index contributed by atoms with van der Waals surface area (Å²) in [7, 11) is -3.87. The Morgan fingerprint density at radius 3 is 2.53 bits per heavy atom. The van der Waals surface area contributed by atoms with Crippen molar-refractivity contribution in [1.82, 2.24) is 5.32 Å². The number of halogens is 1. The smallest absolute Gasteiger partial charge is 0.251 e. The molecule has 0 saturated heterocycles. The number of amides is 1. The van der Waals surface area contributed by atoms with Gasteiger partial charge in [-0.1, -0.05) is 18.5 Å². The zero-order chi connectivity index (χ0) is 14.2. The fourth-order valence-electron chi connectivity index (χ4n) is 2.15. The number of primary sulfonamides is 1. The van der Waals surface area contributed by atoms with Crippen molar-refractivity contribution < 1.29 is 13.2 Å². The van der Waals surface area contributed by atoms with Crippen molar-refractivity contribution >= 4 is 27.5 Å². The lowest BCUT2D eigenvalue weighted by Gasteiger charge is -2.33. The highest BCUT2D eigenvalue weighted by molar-refractivity contribution is 7.89. The summed E-state index contributed by atoms with van der Waals surface area (Å²) in [4.78, 5) is 11.8. The van der Waals surface area contributed by atoms with Gasteiger partial charge in [-0.15, -0.1) is 0 Å². The Morgan fingerprint density at radius 1 is 1.37 bits per heavy atom. The molecule has 1 fully saturated rings. The SMILES string of the molecule is CC1CC(NC(=O)c2cc(Cl)cc(S(N)(=O)=O)c2)C1. The van der Waals surface area contributed by atoms with E-state index in [1.807, 2.05) is 0 Å². The van der Waals surface area contributed by atoms with E-state index in [-0.39, 0.29) is 27.4 Å². The number of nitrogens with two attached hydrogens (primary N) is 1. The van der Waals surface area contributed by atoms with Crippen LogP contribution in [-0.2, 0) is 10.0 Å². The summed E-state index contributed by atoms with van der Waals surface area (Å²) in [6, 6.07) is 4.03. The minimum Gasteiger partial charge on any atom is -0.349 e. The van der Waals surface area contributed by atoms with Crippen LogP contribution >= 0.6 is 11.6 Å². The zero-order valence-electron chi connectivity index (χ0n) is 10.4. The maximum atomic E-state index is 12.0. The first-order chi connectivity index (χ1) is 8.75. The van der Waals surface area contributed by atoms with Gasteiger partial charge in [-0.05, 0) is 37.0 Å². The maximum Gasteiger partial charge on any atom is 0.251 e. The van der Waals surface area contributed by atoms with E-state index < -0.39 is 10.0 Å². The van der Waals surface area contributed by atoms with E-state index in [0.717, 1.165) is 12.8 Å². The molecule has 0 spiro atoms. The molecule has 0 bridgehead atoms. The normalized spacial score (nSPS) is 22.7. The number of carbonyl (C=O) groups excluding carboxylic acids is 1. The molecule has 0 atom stereocenters. The zero-order valence-corrected chi connectivity index (χ0v) is 12.0. The van der Waals surface area contributed by atoms with Gasteiger partial charge >= 0.3 is 0 Å². The standard InChI is InChI=1S/C12H15ClN2O3S/c1-7-2-10(3-7)15-12(16)8-4-9(13)6-11(5-8)19(14,17)18/h4-7,10H,2-3H2,1H3,(H,15,16)(H2,14,17,18). The lowest BCUT2D eigenvalue weighted by Crippen LogP contribution is -2.43. The van der Waals surface area contributed by atoms with E-state index in [1.165, 1.54) is 18.2 Å². The van der Waals surface area contributed by atoms with Gasteiger partial charge in [-0.3, -0.25) is 4.79 Å². The minimum absolute atomic E-state index is 0.152. The summed E-state index contributed by atoms with van der Waals surface area (Å²) < 4.78 is 22.6. The average molecular weight is 303 g/mol. The van der Waals surface area contributed by atoms with Crippen molar-refractivity contribution in [3.05, 3.63) is 28.8 Å². The number of nitrogens with one attached hydrogen (secondary N) is 1. The molecular weight excluding hydrogens is 288 g/mol. The average Bonchev–Trinajstić information content (AvgIpc) is 2.24. The molecule has 1 amide bonds. The van der Waals surface area contributed by atoms with Crippen LogP contribution in [0.25, 0.3) is 0 Å². The van der Waals surface area contributed by atoms with Crippen LogP contribution in [0.5, 0.6) is 0 Å². The van der Waals surface area contributed by atoms with Crippen molar-refractivity contribution in [2.24, 2.45) is 11.1 Å². The van der Waals surface area contributed by atoms with Crippen LogP contribution in [0.2, 0.25) is 5.02 Å². The molecule has 0 aliphatic heterocycles. The highest BCUT2D eigenvalue weighted by Crippen LogP contribution is 2.27. The van der Waals surface area contributed by atoms with E-state index in [0.29, 0.717) is 5.92 Å². The second-order valence-corrected chi connectivity index (χ2v) is 6.97. The molecule has 1 aromatic carbocycles. The summed E-state index contributed by atoms with van der Waals surface area (Å²) in [5.41, 5.74) is 0.205. The van der Waals surface area contributed by atoms with E-state index in [9.17, 15) is 13.2 Å². The number of hydrogen-bond donors (Lipinski definition) is 2. The minimum atomic E-state index is -3.87. The van der Waals surface area contributed by atoms with E-state index in [1.54, 1.807) is 0 Å². The van der Waals surface area contributed by atoms with Crippen molar-refractivity contribution in [3.8, 4) is 0 Å². The molecule has 0 radical (unpaired) electrons. The molecule has 2 rings (SSSR count). The van der Waals surface area contributed by atoms with Crippen molar-refractivity contribution in [2.75, 3.05) is 0 Å². The van der Waals surface area contributed by atoms with Crippen LogP contribution in [0.4, 0.5) is 0 Å². The summed E-state index contributed by atoms with van der Waals surface area (Å²) in [6.45, 7) is 2.11. The largest absolute Gasteiger partial charge is 0.349 e. The Morgan fingerprint density at radius 2 is 2.00 bits per heavy atom. The number of hydrogen-bond acceptors (Lipinski definition) is 3. The van der Waals surface area contributed by atoms with Crippen molar-refractivity contribution in [3.63, 3.8) is 0 Å². The van der Waals surface area contributed by atoms with Crippen LogP contribution in [0, 0.1) is 5.92 Å². The summed E-state index contributed by atoms with van der Waals surface area (Å²) in [6.07, 6.45) is 1.88. The van der Waals surface area contributed by atoms with Crippen LogP contribution in [0.3, 0.4) is 0 Å². The topological polar surface area (TPSA) is 89.3 Å². The highest BCUT2D eigenvalue weighted by Gasteiger charge is 2.27. The summed E-state index contributed by atoms with van der Waals surface area (Å²) >= 11 is 5.81. The highest BCUT2D eigenvalue weighted by atomic mass is 35.5. The Labute approximate surface area is 117 Å². The molecule has 0 unspecified atom stereocenters. The van der Waals surface area contributed by atoms with Gasteiger partial charge < -0.3 is 5.32 Å². The lowest BCUT2D eigenvalue weighted by atomic mass is 9.82. The van der Waals surface area contributed by atoms with Crippen molar-refractivity contribution in [1.29, 1.82) is 0 Å². The summed E-state index contributed by atoms with van der Waals surface area (Å²) in [5.74, 6) is 0.286. The van der Waals surface area contributed by atoms with Crippen LogP contribution in [-0.4, -0.2) is 20.4 Å². The molecule has 0 heterocycles. The third kappa shape index (κ3) is 3.46. The third-order valence-electron chi connectivity index (χ3n) is 3.17. The quantitative estimate of drug-likeness (QED) is 0.887. The first kappa shape index (κ1) is 14.3. The second-order valence-electron chi connectivity index (χ2n) is 4.97. The van der Waals surface area contributed by atoms with Crippen LogP contribution < -0.4 is 10.5 Å². The molecule has 104 valence electrons. The van der Waals surface area contributed by atoms with Gasteiger partial charge in [0.25, 0.3) is 5.91 Å². The van der Waals surface area contributed by atoms with Crippen LogP contribution in [0.15, 0.2) is 23.1 Å². The lowest BCUT2D eigenvalue weighted by molar-refractivity contribution is 0.0896. The van der Waals surface area contributed by atoms with E-state index in [4.69, 9.17) is 16.7 Å². The van der Waals surface area contributed by atoms with E-state index >= 15 is 0 Å². The molecule has 7 heteroatoms. The fourth-order valence-corrected chi connectivity index (χ4v) is 3.03. The van der Waals surface area contributed by atoms with Crippen molar-refractivity contribution in [2.45, 2.75) is 30.7 Å². The predicted molar refractivity (Wildman–Crippen MR) is 72.5 cm³/mol.